The molecule has 0 spiro atoms. The van der Waals surface area contributed by atoms with Gasteiger partial charge in [-0.05, 0) is 18.7 Å². The van der Waals surface area contributed by atoms with Crippen molar-refractivity contribution < 1.29 is 4.52 Å². The van der Waals surface area contributed by atoms with Crippen LogP contribution in [0.3, 0.4) is 0 Å². The van der Waals surface area contributed by atoms with E-state index in [9.17, 15) is 0 Å². The molecule has 0 amide bonds. The summed E-state index contributed by atoms with van der Waals surface area (Å²) in [7, 11) is 0. The predicted molar refractivity (Wildman–Crippen MR) is 53.7 cm³/mol. The van der Waals surface area contributed by atoms with Gasteiger partial charge >= 0.3 is 0 Å². The van der Waals surface area contributed by atoms with Crippen molar-refractivity contribution in [3.8, 4) is 0 Å². The topological polar surface area (TPSA) is 29.3 Å². The molecule has 2 rings (SSSR count). The first-order valence-electron chi connectivity index (χ1n) is 4.65. The number of aromatic nitrogens is 1. The lowest BCUT2D eigenvalue weighted by Gasteiger charge is -2.16. The van der Waals surface area contributed by atoms with Crippen LogP contribution >= 0.6 is 11.8 Å². The van der Waals surface area contributed by atoms with Crippen LogP contribution in [-0.4, -0.2) is 34.7 Å². The Hall–Kier alpha value is -0.480. The van der Waals surface area contributed by atoms with Crippen molar-refractivity contribution in [1.82, 2.24) is 10.1 Å². The molecular weight excluding hydrogens is 184 g/mol. The minimum absolute atomic E-state index is 0.917. The molecular formula is C9H14N2OS. The third-order valence-electron chi connectivity index (χ3n) is 2.19. The zero-order valence-corrected chi connectivity index (χ0v) is 8.42. The van der Waals surface area contributed by atoms with Crippen LogP contribution < -0.4 is 0 Å². The average Bonchev–Trinajstić information content (AvgIpc) is 2.49. The van der Waals surface area contributed by atoms with E-state index in [-0.39, 0.29) is 0 Å². The van der Waals surface area contributed by atoms with Gasteiger partial charge in [-0.15, -0.1) is 0 Å². The van der Waals surface area contributed by atoms with Gasteiger partial charge in [0, 0.05) is 18.4 Å². The van der Waals surface area contributed by atoms with E-state index in [1.54, 1.807) is 6.20 Å². The van der Waals surface area contributed by atoms with E-state index in [1.165, 1.54) is 31.0 Å². The van der Waals surface area contributed by atoms with Crippen LogP contribution in [0.25, 0.3) is 0 Å². The summed E-state index contributed by atoms with van der Waals surface area (Å²) in [5, 5.41) is 3.70. The lowest BCUT2D eigenvalue weighted by Crippen LogP contribution is -2.25. The van der Waals surface area contributed by atoms with Crippen molar-refractivity contribution in [3.05, 3.63) is 18.0 Å². The van der Waals surface area contributed by atoms with E-state index >= 15 is 0 Å². The molecule has 0 aliphatic carbocycles. The molecule has 72 valence electrons. The molecule has 0 unspecified atom stereocenters. The molecule has 0 aromatic carbocycles. The molecule has 3 nitrogen and oxygen atoms in total. The molecule has 0 atom stereocenters. The first-order valence-corrected chi connectivity index (χ1v) is 5.80. The van der Waals surface area contributed by atoms with E-state index in [1.807, 2.05) is 17.8 Å². The monoisotopic (exact) mass is 198 g/mol. The maximum absolute atomic E-state index is 5.08. The summed E-state index contributed by atoms with van der Waals surface area (Å²) in [4.78, 5) is 2.43. The summed E-state index contributed by atoms with van der Waals surface area (Å²) in [6.45, 7) is 3.28. The number of rotatable bonds is 2. The fourth-order valence-corrected chi connectivity index (χ4v) is 2.42. The molecule has 2 heterocycles. The summed E-state index contributed by atoms with van der Waals surface area (Å²) >= 11 is 2.04. The van der Waals surface area contributed by atoms with Crippen LogP contribution in [0, 0.1) is 0 Å². The zero-order chi connectivity index (χ0) is 8.93. The summed E-state index contributed by atoms with van der Waals surface area (Å²) < 4.78 is 5.08. The van der Waals surface area contributed by atoms with Crippen LogP contribution in [0.4, 0.5) is 0 Å². The Kier molecular flexibility index (Phi) is 3.27. The SMILES string of the molecule is c1cc(CN2CCCSCC2)on1. The van der Waals surface area contributed by atoms with Crippen molar-refractivity contribution in [1.29, 1.82) is 0 Å². The molecule has 1 aliphatic rings. The van der Waals surface area contributed by atoms with Gasteiger partial charge in [0.2, 0.25) is 0 Å². The average molecular weight is 198 g/mol. The highest BCUT2D eigenvalue weighted by Crippen LogP contribution is 2.12. The van der Waals surface area contributed by atoms with Crippen molar-refractivity contribution in [2.24, 2.45) is 0 Å². The smallest absolute Gasteiger partial charge is 0.150 e. The molecule has 1 aromatic rings. The number of thioether (sulfide) groups is 1. The van der Waals surface area contributed by atoms with Crippen LogP contribution in [0.15, 0.2) is 16.8 Å². The number of hydrogen-bond acceptors (Lipinski definition) is 4. The largest absolute Gasteiger partial charge is 0.360 e. The lowest BCUT2D eigenvalue weighted by molar-refractivity contribution is 0.246. The molecule has 1 fully saturated rings. The Bertz CT molecular complexity index is 230. The van der Waals surface area contributed by atoms with Crippen molar-refractivity contribution >= 4 is 11.8 Å². The Morgan fingerprint density at radius 2 is 2.46 bits per heavy atom. The molecule has 1 saturated heterocycles. The van der Waals surface area contributed by atoms with Gasteiger partial charge in [0.05, 0.1) is 12.7 Å². The second kappa shape index (κ2) is 4.67. The third-order valence-corrected chi connectivity index (χ3v) is 3.23. The van der Waals surface area contributed by atoms with Gasteiger partial charge in [-0.3, -0.25) is 4.90 Å². The van der Waals surface area contributed by atoms with Gasteiger partial charge in [-0.1, -0.05) is 5.16 Å². The first kappa shape index (κ1) is 9.09. The Balaban J connectivity index is 1.86. The van der Waals surface area contributed by atoms with Gasteiger partial charge < -0.3 is 4.52 Å². The van der Waals surface area contributed by atoms with E-state index < -0.39 is 0 Å². The molecule has 0 N–H and O–H groups in total. The van der Waals surface area contributed by atoms with Crippen LogP contribution in [0.5, 0.6) is 0 Å². The minimum atomic E-state index is 0.917. The summed E-state index contributed by atoms with van der Waals surface area (Å²) in [5.41, 5.74) is 0. The molecule has 4 heteroatoms. The fraction of sp³-hybridized carbons (Fsp3) is 0.667. The normalized spacial score (nSPS) is 20.0. The van der Waals surface area contributed by atoms with E-state index in [0.717, 1.165) is 12.3 Å². The second-order valence-corrected chi connectivity index (χ2v) is 4.45. The number of hydrogen-bond donors (Lipinski definition) is 0. The molecule has 0 bridgehead atoms. The van der Waals surface area contributed by atoms with Crippen molar-refractivity contribution in [2.75, 3.05) is 24.6 Å². The first-order chi connectivity index (χ1) is 6.45. The molecule has 0 radical (unpaired) electrons. The van der Waals surface area contributed by atoms with Gasteiger partial charge in [0.15, 0.2) is 5.76 Å². The summed E-state index contributed by atoms with van der Waals surface area (Å²) in [6.07, 6.45) is 3.00. The summed E-state index contributed by atoms with van der Waals surface area (Å²) in [5.74, 6) is 3.52. The maximum Gasteiger partial charge on any atom is 0.150 e. The molecule has 1 aliphatic heterocycles. The lowest BCUT2D eigenvalue weighted by atomic mass is 10.3. The van der Waals surface area contributed by atoms with Crippen molar-refractivity contribution in [3.63, 3.8) is 0 Å². The zero-order valence-electron chi connectivity index (χ0n) is 7.61. The van der Waals surface area contributed by atoms with E-state index in [0.29, 0.717) is 0 Å². The summed E-state index contributed by atoms with van der Waals surface area (Å²) in [6, 6.07) is 1.94. The second-order valence-electron chi connectivity index (χ2n) is 3.22. The van der Waals surface area contributed by atoms with Crippen molar-refractivity contribution in [2.45, 2.75) is 13.0 Å². The van der Waals surface area contributed by atoms with Crippen LogP contribution in [0.1, 0.15) is 12.2 Å². The molecule has 13 heavy (non-hydrogen) atoms. The van der Waals surface area contributed by atoms with Crippen LogP contribution in [0.2, 0.25) is 0 Å². The van der Waals surface area contributed by atoms with Gasteiger partial charge in [-0.25, -0.2) is 0 Å². The van der Waals surface area contributed by atoms with Crippen LogP contribution in [-0.2, 0) is 6.54 Å². The van der Waals surface area contributed by atoms with Gasteiger partial charge in [0.1, 0.15) is 0 Å². The van der Waals surface area contributed by atoms with Gasteiger partial charge in [0.25, 0.3) is 0 Å². The van der Waals surface area contributed by atoms with Gasteiger partial charge in [-0.2, -0.15) is 11.8 Å². The third kappa shape index (κ3) is 2.74. The highest BCUT2D eigenvalue weighted by Gasteiger charge is 2.10. The Labute approximate surface area is 82.5 Å². The fourth-order valence-electron chi connectivity index (χ4n) is 1.50. The number of nitrogens with zero attached hydrogens (tertiary/aromatic N) is 2. The molecule has 0 saturated carbocycles. The van der Waals surface area contributed by atoms with E-state index in [2.05, 4.69) is 10.1 Å². The standard InChI is InChI=1S/C9H14N2OS/c1-4-11(5-7-13-6-1)8-9-2-3-10-12-9/h2-3H,1,4-8H2. The Morgan fingerprint density at radius 3 is 3.31 bits per heavy atom. The quantitative estimate of drug-likeness (QED) is 0.722. The molecule has 1 aromatic heterocycles. The maximum atomic E-state index is 5.08. The predicted octanol–water partition coefficient (Wildman–Crippen LogP) is 1.61. The van der Waals surface area contributed by atoms with E-state index in [4.69, 9.17) is 4.52 Å². The Morgan fingerprint density at radius 1 is 1.46 bits per heavy atom. The minimum Gasteiger partial charge on any atom is -0.360 e. The highest BCUT2D eigenvalue weighted by molar-refractivity contribution is 7.99. The highest BCUT2D eigenvalue weighted by atomic mass is 32.2.